The Morgan fingerprint density at radius 3 is 2.44 bits per heavy atom. The molecule has 1 atom stereocenters. The molecule has 1 aromatic carbocycles. The summed E-state index contributed by atoms with van der Waals surface area (Å²) in [5, 5.41) is 3.48. The zero-order valence-corrected chi connectivity index (χ0v) is 17.3. The van der Waals surface area contributed by atoms with Gasteiger partial charge in [0.05, 0.1) is 6.04 Å². The van der Waals surface area contributed by atoms with Gasteiger partial charge in [-0.2, -0.15) is 0 Å². The van der Waals surface area contributed by atoms with Crippen molar-refractivity contribution in [3.05, 3.63) is 35.6 Å². The van der Waals surface area contributed by atoms with Gasteiger partial charge >= 0.3 is 0 Å². The van der Waals surface area contributed by atoms with Crippen LogP contribution < -0.4 is 5.32 Å². The summed E-state index contributed by atoms with van der Waals surface area (Å²) in [5.41, 5.74) is 1.52. The SMILES string of the molecule is Cl.Cl.O=C(C1CCCN1Cc1ccc(F)cc1)N1CCC2(CCNC2)CC1. The van der Waals surface area contributed by atoms with Crippen LogP contribution in [-0.2, 0) is 11.3 Å². The van der Waals surface area contributed by atoms with E-state index in [1.165, 1.54) is 18.6 Å². The van der Waals surface area contributed by atoms with Crippen molar-refractivity contribution < 1.29 is 9.18 Å². The van der Waals surface area contributed by atoms with Crippen molar-refractivity contribution in [3.63, 3.8) is 0 Å². The molecule has 0 saturated carbocycles. The second kappa shape index (κ2) is 9.55. The molecule has 0 bridgehead atoms. The molecule has 27 heavy (non-hydrogen) atoms. The summed E-state index contributed by atoms with van der Waals surface area (Å²) in [6.07, 6.45) is 5.55. The lowest BCUT2D eigenvalue weighted by Crippen LogP contribution is -2.50. The first-order valence-corrected chi connectivity index (χ1v) is 9.63. The lowest BCUT2D eigenvalue weighted by Gasteiger charge is -2.40. The highest BCUT2D eigenvalue weighted by molar-refractivity contribution is 5.85. The average Bonchev–Trinajstić information content (AvgIpc) is 3.27. The molecule has 1 N–H and O–H groups in total. The topological polar surface area (TPSA) is 35.6 Å². The first-order valence-electron chi connectivity index (χ1n) is 9.63. The molecule has 0 radical (unpaired) electrons. The summed E-state index contributed by atoms with van der Waals surface area (Å²) >= 11 is 0. The van der Waals surface area contributed by atoms with E-state index in [-0.39, 0.29) is 36.7 Å². The Morgan fingerprint density at radius 1 is 1.11 bits per heavy atom. The predicted molar refractivity (Wildman–Crippen MR) is 110 cm³/mol. The Kier molecular flexibility index (Phi) is 7.93. The van der Waals surface area contributed by atoms with Crippen LogP contribution in [0.5, 0.6) is 0 Å². The Labute approximate surface area is 173 Å². The van der Waals surface area contributed by atoms with Crippen molar-refractivity contribution >= 4 is 30.7 Å². The zero-order valence-electron chi connectivity index (χ0n) is 15.7. The fourth-order valence-electron chi connectivity index (χ4n) is 4.75. The maximum atomic E-state index is 13.1. The number of rotatable bonds is 3. The molecule has 1 amide bonds. The Morgan fingerprint density at radius 2 is 1.81 bits per heavy atom. The number of nitrogens with zero attached hydrogens (tertiary/aromatic N) is 2. The highest BCUT2D eigenvalue weighted by Crippen LogP contribution is 2.37. The summed E-state index contributed by atoms with van der Waals surface area (Å²) in [6, 6.07) is 6.66. The van der Waals surface area contributed by atoms with E-state index in [0.29, 0.717) is 11.3 Å². The highest BCUT2D eigenvalue weighted by atomic mass is 35.5. The Hall–Kier alpha value is -0.880. The number of amides is 1. The Bertz CT molecular complexity index is 612. The molecule has 1 aromatic rings. The van der Waals surface area contributed by atoms with Gasteiger partial charge in [-0.15, -0.1) is 24.8 Å². The van der Waals surface area contributed by atoms with Crippen LogP contribution in [0.4, 0.5) is 4.39 Å². The fourth-order valence-corrected chi connectivity index (χ4v) is 4.75. The molecule has 4 rings (SSSR count). The van der Waals surface area contributed by atoms with Crippen molar-refractivity contribution in [2.75, 3.05) is 32.7 Å². The van der Waals surface area contributed by atoms with Crippen molar-refractivity contribution in [2.24, 2.45) is 5.41 Å². The summed E-state index contributed by atoms with van der Waals surface area (Å²) in [5.74, 6) is 0.0989. The van der Waals surface area contributed by atoms with E-state index in [9.17, 15) is 9.18 Å². The van der Waals surface area contributed by atoms with E-state index in [1.54, 1.807) is 0 Å². The van der Waals surface area contributed by atoms with Gasteiger partial charge in [-0.1, -0.05) is 12.1 Å². The number of nitrogens with one attached hydrogen (secondary N) is 1. The number of likely N-dealkylation sites (tertiary alicyclic amines) is 2. The minimum Gasteiger partial charge on any atom is -0.341 e. The molecule has 152 valence electrons. The van der Waals surface area contributed by atoms with E-state index >= 15 is 0 Å². The van der Waals surface area contributed by atoms with Crippen LogP contribution in [0, 0.1) is 11.2 Å². The molecule has 1 unspecified atom stereocenters. The number of halogens is 3. The van der Waals surface area contributed by atoms with Crippen molar-refractivity contribution in [1.82, 2.24) is 15.1 Å². The lowest BCUT2D eigenvalue weighted by atomic mass is 9.77. The maximum absolute atomic E-state index is 13.1. The highest BCUT2D eigenvalue weighted by Gasteiger charge is 2.40. The van der Waals surface area contributed by atoms with Crippen LogP contribution >= 0.6 is 24.8 Å². The number of hydrogen-bond donors (Lipinski definition) is 1. The van der Waals surface area contributed by atoms with E-state index in [2.05, 4.69) is 15.1 Å². The third kappa shape index (κ3) is 4.94. The predicted octanol–water partition coefficient (Wildman–Crippen LogP) is 3.24. The summed E-state index contributed by atoms with van der Waals surface area (Å²) < 4.78 is 13.1. The first-order chi connectivity index (χ1) is 12.2. The van der Waals surface area contributed by atoms with Crippen molar-refractivity contribution in [1.29, 1.82) is 0 Å². The van der Waals surface area contributed by atoms with E-state index < -0.39 is 0 Å². The van der Waals surface area contributed by atoms with Crippen LogP contribution in [0.3, 0.4) is 0 Å². The molecular weight excluding hydrogens is 388 g/mol. The molecular formula is C20H30Cl2FN3O. The molecule has 0 aliphatic carbocycles. The van der Waals surface area contributed by atoms with Gasteiger partial charge in [-0.25, -0.2) is 4.39 Å². The summed E-state index contributed by atoms with van der Waals surface area (Å²) in [7, 11) is 0. The second-order valence-corrected chi connectivity index (χ2v) is 8.01. The first kappa shape index (κ1) is 22.4. The largest absolute Gasteiger partial charge is 0.341 e. The minimum absolute atomic E-state index is 0. The third-order valence-electron chi connectivity index (χ3n) is 6.42. The second-order valence-electron chi connectivity index (χ2n) is 8.01. The van der Waals surface area contributed by atoms with E-state index in [1.807, 2.05) is 12.1 Å². The third-order valence-corrected chi connectivity index (χ3v) is 6.42. The quantitative estimate of drug-likeness (QED) is 0.819. The van der Waals surface area contributed by atoms with Crippen LogP contribution in [-0.4, -0.2) is 54.5 Å². The molecule has 3 fully saturated rings. The van der Waals surface area contributed by atoms with Gasteiger partial charge in [0.25, 0.3) is 0 Å². The van der Waals surface area contributed by atoms with Gasteiger partial charge in [-0.05, 0) is 68.3 Å². The number of benzene rings is 1. The van der Waals surface area contributed by atoms with E-state index in [4.69, 9.17) is 0 Å². The maximum Gasteiger partial charge on any atom is 0.239 e. The van der Waals surface area contributed by atoms with Gasteiger partial charge in [0, 0.05) is 26.2 Å². The molecule has 3 aliphatic rings. The van der Waals surface area contributed by atoms with Gasteiger partial charge in [0.1, 0.15) is 5.82 Å². The summed E-state index contributed by atoms with van der Waals surface area (Å²) in [6.45, 7) is 5.74. The molecule has 3 aliphatic heterocycles. The normalized spacial score (nSPS) is 24.5. The smallest absolute Gasteiger partial charge is 0.239 e. The molecule has 3 saturated heterocycles. The fraction of sp³-hybridized carbons (Fsp3) is 0.650. The van der Waals surface area contributed by atoms with Crippen molar-refractivity contribution in [2.45, 2.75) is 44.7 Å². The molecule has 0 aromatic heterocycles. The van der Waals surface area contributed by atoms with Crippen molar-refractivity contribution in [3.8, 4) is 0 Å². The molecule has 1 spiro atoms. The number of carbonyl (C=O) groups excluding carboxylic acids is 1. The zero-order chi connectivity index (χ0) is 17.3. The number of carbonyl (C=O) groups is 1. The molecule has 4 nitrogen and oxygen atoms in total. The van der Waals surface area contributed by atoms with Crippen LogP contribution in [0.1, 0.15) is 37.7 Å². The summed E-state index contributed by atoms with van der Waals surface area (Å²) in [4.78, 5) is 17.4. The number of hydrogen-bond acceptors (Lipinski definition) is 3. The standard InChI is InChI=1S/C20H28FN3O.2ClH/c21-17-5-3-16(4-6-17)14-24-11-1-2-18(24)19(25)23-12-8-20(9-13-23)7-10-22-15-20;;/h3-6,18,22H,1-2,7-15H2;2*1H. The van der Waals surface area contributed by atoms with Crippen LogP contribution in [0.2, 0.25) is 0 Å². The molecule has 3 heterocycles. The van der Waals surface area contributed by atoms with Gasteiger partial charge < -0.3 is 10.2 Å². The van der Waals surface area contributed by atoms with Gasteiger partial charge in [0.15, 0.2) is 0 Å². The van der Waals surface area contributed by atoms with Gasteiger partial charge in [-0.3, -0.25) is 9.69 Å². The van der Waals surface area contributed by atoms with Crippen LogP contribution in [0.15, 0.2) is 24.3 Å². The van der Waals surface area contributed by atoms with E-state index in [0.717, 1.165) is 70.5 Å². The number of piperidine rings is 1. The van der Waals surface area contributed by atoms with Gasteiger partial charge in [0.2, 0.25) is 5.91 Å². The monoisotopic (exact) mass is 417 g/mol. The average molecular weight is 418 g/mol. The Balaban J connectivity index is 0.00000131. The molecule has 7 heteroatoms. The van der Waals surface area contributed by atoms with Crippen LogP contribution in [0.25, 0.3) is 0 Å². The lowest BCUT2D eigenvalue weighted by molar-refractivity contribution is -0.138. The minimum atomic E-state index is -0.207.